The van der Waals surface area contributed by atoms with Crippen molar-refractivity contribution in [2.45, 2.75) is 23.8 Å². The number of aliphatic imine (C=N–C) groups is 1. The van der Waals surface area contributed by atoms with Crippen LogP contribution in [0.1, 0.15) is 33.5 Å². The highest BCUT2D eigenvalue weighted by atomic mass is 32.2. The highest BCUT2D eigenvalue weighted by Gasteiger charge is 2.26. The van der Waals surface area contributed by atoms with Crippen molar-refractivity contribution in [1.29, 1.82) is 0 Å². The van der Waals surface area contributed by atoms with E-state index in [4.69, 9.17) is 0 Å². The number of hydrogen-bond acceptors (Lipinski definition) is 5. The molecule has 0 spiro atoms. The smallest absolute Gasteiger partial charge is 0.261 e. The van der Waals surface area contributed by atoms with Gasteiger partial charge >= 0.3 is 0 Å². The molecule has 1 amide bonds. The summed E-state index contributed by atoms with van der Waals surface area (Å²) < 4.78 is 1.75. The van der Waals surface area contributed by atoms with Gasteiger partial charge in [-0.1, -0.05) is 42.1 Å². The minimum Gasteiger partial charge on any atom is -0.322 e. The Morgan fingerprint density at radius 1 is 1.17 bits per heavy atom. The molecule has 8 heteroatoms. The average molecular weight is 417 g/mol. The molecule has 2 aromatic carbocycles. The number of aromatic amines is 1. The first-order chi connectivity index (χ1) is 14.5. The van der Waals surface area contributed by atoms with Crippen LogP contribution in [-0.4, -0.2) is 33.0 Å². The van der Waals surface area contributed by atoms with E-state index in [1.54, 1.807) is 28.8 Å². The van der Waals surface area contributed by atoms with Gasteiger partial charge in [0.05, 0.1) is 0 Å². The van der Waals surface area contributed by atoms with E-state index in [0.29, 0.717) is 34.0 Å². The van der Waals surface area contributed by atoms with Crippen molar-refractivity contribution in [3.05, 3.63) is 71.5 Å². The van der Waals surface area contributed by atoms with Gasteiger partial charge in [0, 0.05) is 16.1 Å². The summed E-state index contributed by atoms with van der Waals surface area (Å²) >= 11 is 1.47. The Labute approximate surface area is 177 Å². The predicted molar refractivity (Wildman–Crippen MR) is 118 cm³/mol. The topological polar surface area (TPSA) is 91.6 Å². The number of Topliss-reactive ketones (excluding diaryl/α,β-unsaturated/α-hetero) is 1. The zero-order chi connectivity index (χ0) is 21.3. The molecule has 0 unspecified atom stereocenters. The lowest BCUT2D eigenvalue weighted by molar-refractivity contribution is 0.101. The van der Waals surface area contributed by atoms with Crippen LogP contribution in [0.15, 0.2) is 69.5 Å². The third-order valence-corrected chi connectivity index (χ3v) is 5.57. The van der Waals surface area contributed by atoms with Crippen LogP contribution < -0.4 is 5.32 Å². The number of carbonyl (C=O) groups excluding carboxylic acids is 2. The summed E-state index contributed by atoms with van der Waals surface area (Å²) in [5, 5.41) is 6.73. The van der Waals surface area contributed by atoms with Crippen molar-refractivity contribution in [3.63, 3.8) is 0 Å². The van der Waals surface area contributed by atoms with Crippen molar-refractivity contribution in [2.75, 3.05) is 5.32 Å². The second kappa shape index (κ2) is 8.00. The molecule has 150 valence electrons. The molecule has 0 saturated heterocycles. The number of nitrogens with one attached hydrogen (secondary N) is 2. The van der Waals surface area contributed by atoms with Crippen LogP contribution in [0.5, 0.6) is 0 Å². The van der Waals surface area contributed by atoms with Crippen LogP contribution >= 0.6 is 11.8 Å². The maximum atomic E-state index is 13.2. The normalized spacial score (nSPS) is 10.9. The fourth-order valence-corrected chi connectivity index (χ4v) is 4.14. The number of benzene rings is 2. The van der Waals surface area contributed by atoms with Gasteiger partial charge in [-0.2, -0.15) is 0 Å². The molecule has 0 bridgehead atoms. The molecule has 7 nitrogen and oxygen atoms in total. The molecule has 0 saturated carbocycles. The molecule has 2 N–H and O–H groups in total. The third-order valence-electron chi connectivity index (χ3n) is 4.49. The highest BCUT2D eigenvalue weighted by Crippen LogP contribution is 2.40. The summed E-state index contributed by atoms with van der Waals surface area (Å²) in [6, 6.07) is 16.6. The third kappa shape index (κ3) is 3.65. The van der Waals surface area contributed by atoms with E-state index in [1.807, 2.05) is 37.3 Å². The van der Waals surface area contributed by atoms with E-state index in [-0.39, 0.29) is 11.7 Å². The molecular weight excluding hydrogens is 398 g/mol. The monoisotopic (exact) mass is 417 g/mol. The van der Waals surface area contributed by atoms with E-state index >= 15 is 0 Å². The van der Waals surface area contributed by atoms with Crippen LogP contribution in [0.3, 0.4) is 0 Å². The first kappa shape index (κ1) is 19.7. The van der Waals surface area contributed by atoms with E-state index < -0.39 is 0 Å². The summed E-state index contributed by atoms with van der Waals surface area (Å²) in [6.07, 6.45) is 0. The first-order valence-electron chi connectivity index (χ1n) is 9.21. The standard InChI is InChI=1S/C22H19N5O2S/c1-13(28)15-8-7-9-16(12-15)25-21(29)18-19(23-3)22(27-20(18)24-14(2)26-27)30-17-10-5-4-6-11-17/h4-12H,3H2,1-2H3,(H,24,26)(H,25,29). The van der Waals surface area contributed by atoms with Crippen LogP contribution in [0.2, 0.25) is 0 Å². The van der Waals surface area contributed by atoms with Crippen molar-refractivity contribution in [1.82, 2.24) is 14.6 Å². The van der Waals surface area contributed by atoms with Crippen LogP contribution in [-0.2, 0) is 0 Å². The van der Waals surface area contributed by atoms with Gasteiger partial charge < -0.3 is 5.32 Å². The van der Waals surface area contributed by atoms with Crippen molar-refractivity contribution < 1.29 is 9.59 Å². The number of nitrogens with zero attached hydrogens (tertiary/aromatic N) is 3. The average Bonchev–Trinajstić information content (AvgIpc) is 3.24. The molecule has 0 aliphatic heterocycles. The molecular formula is C22H19N5O2S. The van der Waals surface area contributed by atoms with Crippen molar-refractivity contribution in [3.8, 4) is 0 Å². The van der Waals surface area contributed by atoms with E-state index in [2.05, 4.69) is 27.1 Å². The van der Waals surface area contributed by atoms with Gasteiger partial charge in [0.15, 0.2) is 11.4 Å². The van der Waals surface area contributed by atoms with Gasteiger partial charge in [0.1, 0.15) is 22.1 Å². The zero-order valence-corrected chi connectivity index (χ0v) is 17.3. The van der Waals surface area contributed by atoms with Gasteiger partial charge in [-0.3, -0.25) is 19.7 Å². The molecule has 4 aromatic rings. The lowest BCUT2D eigenvalue weighted by Crippen LogP contribution is -2.12. The van der Waals surface area contributed by atoms with Gasteiger partial charge in [-0.25, -0.2) is 9.50 Å². The Balaban J connectivity index is 1.78. The number of amides is 1. The second-order valence-electron chi connectivity index (χ2n) is 6.66. The number of rotatable bonds is 6. The minimum absolute atomic E-state index is 0.0738. The molecule has 0 radical (unpaired) electrons. The van der Waals surface area contributed by atoms with E-state index in [9.17, 15) is 9.59 Å². The van der Waals surface area contributed by atoms with Crippen molar-refractivity contribution >= 4 is 47.2 Å². The Morgan fingerprint density at radius 3 is 2.63 bits per heavy atom. The summed E-state index contributed by atoms with van der Waals surface area (Å²) in [7, 11) is 0. The molecule has 0 aliphatic carbocycles. The summed E-state index contributed by atoms with van der Waals surface area (Å²) in [6.45, 7) is 6.98. The first-order valence-corrected chi connectivity index (χ1v) is 10.0. The summed E-state index contributed by atoms with van der Waals surface area (Å²) in [4.78, 5) is 34.5. The lowest BCUT2D eigenvalue weighted by Gasteiger charge is -2.07. The fourth-order valence-electron chi connectivity index (χ4n) is 3.14. The van der Waals surface area contributed by atoms with Gasteiger partial charge in [-0.15, -0.1) is 0 Å². The number of aromatic nitrogens is 3. The number of H-pyrrole nitrogens is 1. The maximum Gasteiger partial charge on any atom is 0.261 e. The molecule has 0 fully saturated rings. The van der Waals surface area contributed by atoms with Crippen LogP contribution in [0.4, 0.5) is 11.4 Å². The number of hydrogen-bond donors (Lipinski definition) is 2. The van der Waals surface area contributed by atoms with Gasteiger partial charge in [-0.05, 0) is 44.8 Å². The molecule has 2 aromatic heterocycles. The number of fused-ring (bicyclic) bond motifs is 1. The Kier molecular flexibility index (Phi) is 5.24. The van der Waals surface area contributed by atoms with E-state index in [0.717, 1.165) is 9.92 Å². The molecule has 4 rings (SSSR count). The number of anilines is 1. The molecule has 30 heavy (non-hydrogen) atoms. The second-order valence-corrected chi connectivity index (χ2v) is 7.72. The summed E-state index contributed by atoms with van der Waals surface area (Å²) in [5.41, 5.74) is 2.27. The van der Waals surface area contributed by atoms with E-state index in [1.165, 1.54) is 18.7 Å². The Morgan fingerprint density at radius 2 is 1.93 bits per heavy atom. The molecule has 2 heterocycles. The van der Waals surface area contributed by atoms with Crippen LogP contribution in [0.25, 0.3) is 5.65 Å². The quantitative estimate of drug-likeness (QED) is 0.344. The Bertz CT molecular complexity index is 1270. The van der Waals surface area contributed by atoms with Gasteiger partial charge in [0.25, 0.3) is 5.91 Å². The SMILES string of the molecule is C=Nc1c(C(=O)Nc2cccc(C(C)=O)c2)c2nc(C)[nH]n2c1Sc1ccccc1. The minimum atomic E-state index is -0.373. The molecule has 0 aliphatic rings. The zero-order valence-electron chi connectivity index (χ0n) is 16.5. The number of carbonyl (C=O) groups is 2. The van der Waals surface area contributed by atoms with Crippen molar-refractivity contribution in [2.24, 2.45) is 4.99 Å². The molecule has 0 atom stereocenters. The fraction of sp³-hybridized carbons (Fsp3) is 0.0909. The maximum absolute atomic E-state index is 13.2. The Hall–Kier alpha value is -3.65. The summed E-state index contributed by atoms with van der Waals surface area (Å²) in [5.74, 6) is 0.223. The number of ketones is 1. The lowest BCUT2D eigenvalue weighted by atomic mass is 10.1. The largest absolute Gasteiger partial charge is 0.322 e. The van der Waals surface area contributed by atoms with Gasteiger partial charge in [0.2, 0.25) is 0 Å². The highest BCUT2D eigenvalue weighted by molar-refractivity contribution is 7.99. The van der Waals surface area contributed by atoms with Crippen LogP contribution in [0, 0.1) is 6.92 Å². The predicted octanol–water partition coefficient (Wildman–Crippen LogP) is 4.91. The number of aryl methyl sites for hydroxylation is 1.